The van der Waals surface area contributed by atoms with Crippen LogP contribution in [0.3, 0.4) is 0 Å². The van der Waals surface area contributed by atoms with Crippen LogP contribution in [0.1, 0.15) is 44.6 Å². The van der Waals surface area contributed by atoms with Gasteiger partial charge < -0.3 is 20.1 Å². The van der Waals surface area contributed by atoms with E-state index in [9.17, 15) is 13.9 Å². The summed E-state index contributed by atoms with van der Waals surface area (Å²) in [7, 11) is 0. The van der Waals surface area contributed by atoms with Gasteiger partial charge >= 0.3 is 0 Å². The third-order valence-corrected chi connectivity index (χ3v) is 10.4. The van der Waals surface area contributed by atoms with Crippen molar-refractivity contribution in [2.24, 2.45) is 0 Å². The molecule has 4 aliphatic rings. The summed E-state index contributed by atoms with van der Waals surface area (Å²) < 4.78 is 52.5. The van der Waals surface area contributed by atoms with Crippen molar-refractivity contribution in [3.05, 3.63) is 53.7 Å². The van der Waals surface area contributed by atoms with Gasteiger partial charge in [-0.25, -0.2) is 18.2 Å². The van der Waals surface area contributed by atoms with Crippen LogP contribution in [0.2, 0.25) is 0 Å². The number of rotatable bonds is 5. The number of terminal acetylenes is 1. The Balaban J connectivity index is 1.28. The van der Waals surface area contributed by atoms with E-state index < -0.39 is 23.3 Å². The second-order valence-electron chi connectivity index (χ2n) is 13.5. The molecule has 6 heterocycles. The molecular weight excluding hydrogens is 579 g/mol. The maximum absolute atomic E-state index is 16.8. The first-order valence-electron chi connectivity index (χ1n) is 15.6. The van der Waals surface area contributed by atoms with Gasteiger partial charge in [-0.2, -0.15) is 0 Å². The van der Waals surface area contributed by atoms with Crippen molar-refractivity contribution in [1.82, 2.24) is 20.2 Å². The van der Waals surface area contributed by atoms with E-state index in [1.54, 1.807) is 6.20 Å². The van der Waals surface area contributed by atoms with Crippen LogP contribution in [0.4, 0.5) is 18.9 Å². The average Bonchev–Trinajstić information content (AvgIpc) is 3.63. The predicted molar refractivity (Wildman–Crippen MR) is 167 cm³/mol. The average molecular weight is 614 g/mol. The topological polar surface area (TPSA) is 73.8 Å². The Kier molecular flexibility index (Phi) is 6.45. The van der Waals surface area contributed by atoms with Crippen molar-refractivity contribution in [2.75, 3.05) is 37.7 Å². The van der Waals surface area contributed by atoms with E-state index >= 15 is 4.39 Å². The molecule has 2 aromatic carbocycles. The fraction of sp³-hybridized carbons (Fsp3) is 0.429. The van der Waals surface area contributed by atoms with Gasteiger partial charge in [0.05, 0.1) is 16.8 Å². The van der Waals surface area contributed by atoms with Gasteiger partial charge in [-0.3, -0.25) is 9.88 Å². The van der Waals surface area contributed by atoms with Crippen molar-refractivity contribution in [3.8, 4) is 35.2 Å². The van der Waals surface area contributed by atoms with E-state index in [0.29, 0.717) is 36.3 Å². The lowest BCUT2D eigenvalue weighted by Crippen LogP contribution is -2.58. The summed E-state index contributed by atoms with van der Waals surface area (Å²) in [6.07, 6.45) is 10.7. The molecule has 0 aliphatic carbocycles. The third kappa shape index (κ3) is 4.59. The van der Waals surface area contributed by atoms with Crippen LogP contribution >= 0.6 is 0 Å². The number of nitrogens with zero attached hydrogens (tertiary/aromatic N) is 4. The SMILES string of the molecule is C#Cc1c(F)ccc2cc(O)cc(-c3ncc4c(N5CC6CCC(C)(C5)N6)cc(OC[C@@]56CCCN5C[C@H](F)C6)nc4c3F)c12. The van der Waals surface area contributed by atoms with Gasteiger partial charge in [0, 0.05) is 66.2 Å². The maximum atomic E-state index is 16.8. The number of piperazine rings is 1. The Labute approximate surface area is 259 Å². The molecule has 2 aromatic heterocycles. The zero-order valence-electron chi connectivity index (χ0n) is 25.0. The standard InChI is InChI=1S/C35H34F3N5O2/c1-3-24-27(37)6-5-20-11-23(44)12-25(30(20)24)32-31(38)33-26(15-39-32)28(42-17-22-7-9-34(2,18-42)41-22)13-29(40-33)45-19-35-8-4-10-43(35)16-21(36)14-35/h1,5-6,11-13,15,21-22,41,44H,4,7-10,14,16-19H2,2H3/t21-,22?,34?,35+/m1/s1. The molecule has 45 heavy (non-hydrogen) atoms. The van der Waals surface area contributed by atoms with Gasteiger partial charge in [0.2, 0.25) is 5.88 Å². The largest absolute Gasteiger partial charge is 0.508 e. The number of phenolic OH excluding ortho intramolecular Hbond substituents is 1. The minimum atomic E-state index is -0.896. The van der Waals surface area contributed by atoms with Gasteiger partial charge in [-0.1, -0.05) is 12.0 Å². The number of benzene rings is 2. The van der Waals surface area contributed by atoms with Gasteiger partial charge in [0.15, 0.2) is 5.82 Å². The number of anilines is 1. The van der Waals surface area contributed by atoms with E-state index in [2.05, 4.69) is 37.9 Å². The van der Waals surface area contributed by atoms with E-state index in [-0.39, 0.29) is 51.5 Å². The Morgan fingerprint density at radius 2 is 2.07 bits per heavy atom. The molecule has 4 aliphatic heterocycles. The monoisotopic (exact) mass is 613 g/mol. The molecule has 0 spiro atoms. The normalized spacial score (nSPS) is 27.8. The lowest BCUT2D eigenvalue weighted by atomic mass is 9.95. The molecule has 0 amide bonds. The fourth-order valence-electron chi connectivity index (χ4n) is 8.37. The predicted octanol–water partition coefficient (Wildman–Crippen LogP) is 5.70. The number of ether oxygens (including phenoxy) is 1. The Bertz CT molecular complexity index is 1910. The highest BCUT2D eigenvalue weighted by atomic mass is 19.1. The van der Waals surface area contributed by atoms with Crippen LogP contribution in [0.25, 0.3) is 32.9 Å². The van der Waals surface area contributed by atoms with Crippen LogP contribution in [-0.2, 0) is 0 Å². The van der Waals surface area contributed by atoms with Crippen LogP contribution < -0.4 is 15.0 Å². The summed E-state index contributed by atoms with van der Waals surface area (Å²) in [4.78, 5) is 13.6. The van der Waals surface area contributed by atoms with Crippen molar-refractivity contribution in [3.63, 3.8) is 0 Å². The number of halogens is 3. The minimum Gasteiger partial charge on any atom is -0.508 e. The molecule has 0 saturated carbocycles. The van der Waals surface area contributed by atoms with Crippen molar-refractivity contribution in [2.45, 2.75) is 62.3 Å². The Hall–Kier alpha value is -4.07. The molecule has 8 rings (SSSR count). The first kappa shape index (κ1) is 28.4. The lowest BCUT2D eigenvalue weighted by molar-refractivity contribution is 0.111. The van der Waals surface area contributed by atoms with Gasteiger partial charge in [-0.15, -0.1) is 6.42 Å². The van der Waals surface area contributed by atoms with Crippen molar-refractivity contribution in [1.29, 1.82) is 0 Å². The number of nitrogens with one attached hydrogen (secondary N) is 1. The molecule has 2 unspecified atom stereocenters. The molecule has 4 atom stereocenters. The van der Waals surface area contributed by atoms with Crippen LogP contribution in [0.5, 0.6) is 11.6 Å². The highest BCUT2D eigenvalue weighted by Crippen LogP contribution is 2.43. The first-order chi connectivity index (χ1) is 21.6. The van der Waals surface area contributed by atoms with Gasteiger partial charge in [0.25, 0.3) is 0 Å². The quantitative estimate of drug-likeness (QED) is 0.280. The molecule has 4 saturated heterocycles. The lowest BCUT2D eigenvalue weighted by Gasteiger charge is -2.41. The summed E-state index contributed by atoms with van der Waals surface area (Å²) in [6.45, 7) is 5.16. The Morgan fingerprint density at radius 3 is 2.89 bits per heavy atom. The summed E-state index contributed by atoms with van der Waals surface area (Å²) in [6, 6.07) is 7.67. The minimum absolute atomic E-state index is 0.0397. The molecule has 2 bridgehead atoms. The molecule has 232 valence electrons. The zero-order chi connectivity index (χ0) is 31.1. The summed E-state index contributed by atoms with van der Waals surface area (Å²) in [5.41, 5.74) is 0.362. The maximum Gasteiger partial charge on any atom is 0.216 e. The number of hydrogen-bond acceptors (Lipinski definition) is 7. The number of aromatic hydroxyl groups is 1. The summed E-state index contributed by atoms with van der Waals surface area (Å²) >= 11 is 0. The van der Waals surface area contributed by atoms with Gasteiger partial charge in [-0.05, 0) is 62.7 Å². The second-order valence-corrected chi connectivity index (χ2v) is 13.5. The van der Waals surface area contributed by atoms with Crippen LogP contribution in [0.15, 0.2) is 36.5 Å². The van der Waals surface area contributed by atoms with Gasteiger partial charge in [0.1, 0.15) is 35.6 Å². The second kappa shape index (κ2) is 10.2. The van der Waals surface area contributed by atoms with E-state index in [1.165, 1.54) is 24.3 Å². The molecule has 2 N–H and O–H groups in total. The fourth-order valence-corrected chi connectivity index (χ4v) is 8.37. The summed E-state index contributed by atoms with van der Waals surface area (Å²) in [5, 5.41) is 15.5. The smallest absolute Gasteiger partial charge is 0.216 e. The molecule has 0 radical (unpaired) electrons. The number of fused-ring (bicyclic) bond motifs is 5. The van der Waals surface area contributed by atoms with Crippen molar-refractivity contribution < 1.29 is 23.0 Å². The van der Waals surface area contributed by atoms with Crippen LogP contribution in [-0.4, -0.2) is 76.1 Å². The number of aromatic nitrogens is 2. The van der Waals surface area contributed by atoms with Crippen molar-refractivity contribution >= 4 is 27.4 Å². The highest BCUT2D eigenvalue weighted by Gasteiger charge is 2.49. The molecular formula is C35H34F3N5O2. The van der Waals surface area contributed by atoms with E-state index in [1.807, 2.05) is 6.07 Å². The Morgan fingerprint density at radius 1 is 1.20 bits per heavy atom. The summed E-state index contributed by atoms with van der Waals surface area (Å²) in [5.74, 6) is 1.15. The molecule has 4 aromatic rings. The number of phenols is 1. The molecule has 7 nitrogen and oxygen atoms in total. The third-order valence-electron chi connectivity index (χ3n) is 10.4. The van der Waals surface area contributed by atoms with E-state index in [0.717, 1.165) is 44.5 Å². The number of pyridine rings is 2. The first-order valence-corrected chi connectivity index (χ1v) is 15.6. The molecule has 10 heteroatoms. The van der Waals surface area contributed by atoms with Crippen LogP contribution in [0, 0.1) is 24.0 Å². The number of alkyl halides is 1. The number of hydrogen-bond donors (Lipinski definition) is 2. The highest BCUT2D eigenvalue weighted by molar-refractivity contribution is 6.03. The molecule has 4 fully saturated rings. The van der Waals surface area contributed by atoms with E-state index in [4.69, 9.17) is 11.2 Å². The zero-order valence-corrected chi connectivity index (χ0v) is 25.0.